The average Bonchev–Trinajstić information content (AvgIpc) is 2.48. The van der Waals surface area contributed by atoms with Gasteiger partial charge >= 0.3 is 0 Å². The highest BCUT2D eigenvalue weighted by molar-refractivity contribution is 5.96. The van der Waals surface area contributed by atoms with E-state index in [4.69, 9.17) is 0 Å². The van der Waals surface area contributed by atoms with Crippen molar-refractivity contribution in [3.63, 3.8) is 0 Å². The van der Waals surface area contributed by atoms with Crippen LogP contribution in [0.4, 0.5) is 0 Å². The van der Waals surface area contributed by atoms with Crippen molar-refractivity contribution in [1.82, 2.24) is 0 Å². The Hall–Kier alpha value is -0.850. The van der Waals surface area contributed by atoms with Gasteiger partial charge in [0.2, 0.25) is 0 Å². The Labute approximate surface area is 66.8 Å². The highest BCUT2D eigenvalue weighted by atomic mass is 16.1. The van der Waals surface area contributed by atoms with Gasteiger partial charge in [-0.2, -0.15) is 0 Å². The lowest BCUT2D eigenvalue weighted by molar-refractivity contribution is -0.145. The summed E-state index contributed by atoms with van der Waals surface area (Å²) >= 11 is 0. The lowest BCUT2D eigenvalue weighted by Crippen LogP contribution is -2.52. The molecule has 0 aromatic heterocycles. The van der Waals surface area contributed by atoms with E-state index in [9.17, 15) is 4.79 Å². The minimum absolute atomic E-state index is 0.238. The van der Waals surface area contributed by atoms with Gasteiger partial charge in [-0.05, 0) is 13.3 Å². The van der Waals surface area contributed by atoms with Crippen molar-refractivity contribution in [2.45, 2.75) is 13.3 Å². The third-order valence-corrected chi connectivity index (χ3v) is 3.15. The van der Waals surface area contributed by atoms with E-state index in [1.807, 2.05) is 6.92 Å². The van der Waals surface area contributed by atoms with Crippen LogP contribution in [0.25, 0.3) is 0 Å². The monoisotopic (exact) mass is 148 g/mol. The third kappa shape index (κ3) is 0.590. The topological polar surface area (TPSA) is 17.1 Å². The zero-order valence-corrected chi connectivity index (χ0v) is 6.71. The summed E-state index contributed by atoms with van der Waals surface area (Å²) in [4.78, 5) is 11.5. The molecule has 0 spiro atoms. The van der Waals surface area contributed by atoms with Gasteiger partial charge in [0.05, 0.1) is 5.41 Å². The zero-order valence-electron chi connectivity index (χ0n) is 6.71. The maximum atomic E-state index is 11.5. The van der Waals surface area contributed by atoms with E-state index in [1.165, 1.54) is 0 Å². The Balaban J connectivity index is 2.33. The van der Waals surface area contributed by atoms with Gasteiger partial charge in [-0.1, -0.05) is 18.2 Å². The van der Waals surface area contributed by atoms with E-state index >= 15 is 0 Å². The number of allylic oxidation sites excluding steroid dienone is 3. The van der Waals surface area contributed by atoms with Crippen molar-refractivity contribution in [3.8, 4) is 0 Å². The summed E-state index contributed by atoms with van der Waals surface area (Å²) in [5, 5.41) is 0. The van der Waals surface area contributed by atoms with Gasteiger partial charge in [0.25, 0.3) is 0 Å². The molecule has 1 fully saturated rings. The number of fused-ring (bicyclic) bond motifs is 1. The molecule has 0 amide bonds. The fourth-order valence-corrected chi connectivity index (χ4v) is 2.24. The van der Waals surface area contributed by atoms with E-state index in [0.717, 1.165) is 6.42 Å². The number of rotatable bonds is 1. The molecular formula is C10H12O. The predicted octanol–water partition coefficient (Wildman–Crippen LogP) is 1.95. The quantitative estimate of drug-likeness (QED) is 0.519. The van der Waals surface area contributed by atoms with Gasteiger partial charge < -0.3 is 0 Å². The summed E-state index contributed by atoms with van der Waals surface area (Å²) in [7, 11) is 0. The average molecular weight is 148 g/mol. The van der Waals surface area contributed by atoms with Gasteiger partial charge in [-0.3, -0.25) is 4.79 Å². The van der Waals surface area contributed by atoms with Crippen molar-refractivity contribution >= 4 is 5.78 Å². The van der Waals surface area contributed by atoms with Crippen LogP contribution in [0.15, 0.2) is 24.8 Å². The highest BCUT2D eigenvalue weighted by Crippen LogP contribution is 2.53. The maximum absolute atomic E-state index is 11.5. The van der Waals surface area contributed by atoms with Crippen LogP contribution in [-0.4, -0.2) is 5.78 Å². The van der Waals surface area contributed by atoms with Gasteiger partial charge in [0, 0.05) is 11.8 Å². The first-order valence-corrected chi connectivity index (χ1v) is 4.04. The minimum Gasteiger partial charge on any atom is -0.298 e. The van der Waals surface area contributed by atoms with Crippen LogP contribution in [0.5, 0.6) is 0 Å². The van der Waals surface area contributed by atoms with Crippen LogP contribution in [0.3, 0.4) is 0 Å². The molecule has 2 aliphatic rings. The summed E-state index contributed by atoms with van der Waals surface area (Å²) < 4.78 is 0. The Morgan fingerprint density at radius 1 is 1.82 bits per heavy atom. The molecule has 0 aromatic carbocycles. The molecule has 2 aliphatic carbocycles. The second kappa shape index (κ2) is 1.84. The fourth-order valence-electron chi connectivity index (χ4n) is 2.24. The molecule has 0 radical (unpaired) electrons. The lowest BCUT2D eigenvalue weighted by Gasteiger charge is -2.46. The summed E-state index contributed by atoms with van der Waals surface area (Å²) in [6.07, 6.45) is 7.02. The number of ketones is 1. The summed E-state index contributed by atoms with van der Waals surface area (Å²) in [6.45, 7) is 5.70. The molecule has 0 N–H and O–H groups in total. The smallest absolute Gasteiger partial charge is 0.147 e. The Morgan fingerprint density at radius 3 is 3.18 bits per heavy atom. The molecule has 11 heavy (non-hydrogen) atoms. The van der Waals surface area contributed by atoms with Crippen molar-refractivity contribution in [2.24, 2.45) is 17.3 Å². The molecule has 1 heteroatoms. The van der Waals surface area contributed by atoms with E-state index in [-0.39, 0.29) is 11.3 Å². The Kier molecular flexibility index (Phi) is 1.15. The molecule has 2 rings (SSSR count). The molecule has 0 bridgehead atoms. The van der Waals surface area contributed by atoms with E-state index in [2.05, 4.69) is 18.7 Å². The fraction of sp³-hybridized carbons (Fsp3) is 0.500. The van der Waals surface area contributed by atoms with Crippen LogP contribution >= 0.6 is 0 Å². The summed E-state index contributed by atoms with van der Waals surface area (Å²) in [6, 6.07) is 0. The van der Waals surface area contributed by atoms with Gasteiger partial charge in [0.1, 0.15) is 5.78 Å². The summed E-state index contributed by atoms with van der Waals surface area (Å²) in [5.74, 6) is 1.12. The normalized spacial score (nSPS) is 46.8. The van der Waals surface area contributed by atoms with Gasteiger partial charge in [0.15, 0.2) is 0 Å². The number of carbonyl (C=O) groups excluding carboxylic acids is 1. The first-order valence-electron chi connectivity index (χ1n) is 4.04. The van der Waals surface area contributed by atoms with Crippen LogP contribution in [0, 0.1) is 17.3 Å². The van der Waals surface area contributed by atoms with Crippen LogP contribution in [0.1, 0.15) is 13.3 Å². The predicted molar refractivity (Wildman–Crippen MR) is 44.0 cm³/mol. The van der Waals surface area contributed by atoms with Crippen LogP contribution in [-0.2, 0) is 4.79 Å². The molecule has 3 atom stereocenters. The number of hydrogen-bond donors (Lipinski definition) is 0. The summed E-state index contributed by atoms with van der Waals surface area (Å²) in [5.41, 5.74) is -0.238. The number of hydrogen-bond acceptors (Lipinski definition) is 1. The zero-order chi connectivity index (χ0) is 8.06. The third-order valence-electron chi connectivity index (χ3n) is 3.15. The van der Waals surface area contributed by atoms with Crippen molar-refractivity contribution in [2.75, 3.05) is 0 Å². The molecule has 0 saturated heterocycles. The molecule has 58 valence electrons. The Morgan fingerprint density at radius 2 is 2.55 bits per heavy atom. The molecule has 0 heterocycles. The van der Waals surface area contributed by atoms with E-state index < -0.39 is 0 Å². The Bertz CT molecular complexity index is 252. The second-order valence-electron chi connectivity index (χ2n) is 3.65. The van der Waals surface area contributed by atoms with Crippen LogP contribution < -0.4 is 0 Å². The molecule has 1 saturated carbocycles. The highest BCUT2D eigenvalue weighted by Gasteiger charge is 2.56. The molecule has 0 aliphatic heterocycles. The number of Topliss-reactive ketones (excluding diaryl/α,β-unsaturated/α-hetero) is 1. The molecule has 0 unspecified atom stereocenters. The maximum Gasteiger partial charge on any atom is 0.147 e. The van der Waals surface area contributed by atoms with E-state index in [1.54, 1.807) is 6.08 Å². The largest absolute Gasteiger partial charge is 0.298 e. The van der Waals surface area contributed by atoms with E-state index in [0.29, 0.717) is 11.7 Å². The standard InChI is InChI=1S/C10H12O/c1-3-10(2)8-6-4-5-7(8)9(10)11/h3-4,6-8H,1,5H2,2H3/t7-,8+,10+/m0/s1. The molecular weight excluding hydrogens is 136 g/mol. The second-order valence-corrected chi connectivity index (χ2v) is 3.65. The first-order chi connectivity index (χ1) is 5.20. The minimum atomic E-state index is -0.238. The van der Waals surface area contributed by atoms with Gasteiger partial charge in [-0.15, -0.1) is 6.58 Å². The van der Waals surface area contributed by atoms with Crippen molar-refractivity contribution in [3.05, 3.63) is 24.8 Å². The van der Waals surface area contributed by atoms with Crippen molar-refractivity contribution < 1.29 is 4.79 Å². The number of carbonyl (C=O) groups is 1. The lowest BCUT2D eigenvalue weighted by atomic mass is 9.55. The first kappa shape index (κ1) is 6.84. The molecule has 0 aromatic rings. The van der Waals surface area contributed by atoms with Gasteiger partial charge in [-0.25, -0.2) is 0 Å². The van der Waals surface area contributed by atoms with Crippen LogP contribution in [0.2, 0.25) is 0 Å². The SMILES string of the molecule is C=C[C@@]1(C)C(=O)[C@H]2CC=C[C@H]21. The molecule has 1 nitrogen and oxygen atoms in total. The van der Waals surface area contributed by atoms with Crippen molar-refractivity contribution in [1.29, 1.82) is 0 Å².